The van der Waals surface area contributed by atoms with E-state index < -0.39 is 0 Å². The number of ether oxygens (including phenoxy) is 1. The van der Waals surface area contributed by atoms with E-state index in [1.807, 2.05) is 0 Å². The third kappa shape index (κ3) is 4.32. The molecule has 2 rings (SSSR count). The number of aryl methyl sites for hydroxylation is 2. The van der Waals surface area contributed by atoms with Crippen LogP contribution in [0.15, 0.2) is 18.2 Å². The van der Waals surface area contributed by atoms with Crippen molar-refractivity contribution < 1.29 is 4.74 Å². The highest BCUT2D eigenvalue weighted by Crippen LogP contribution is 2.24. The van der Waals surface area contributed by atoms with E-state index in [4.69, 9.17) is 4.74 Å². The van der Waals surface area contributed by atoms with Crippen LogP contribution in [0, 0.1) is 13.8 Å². The van der Waals surface area contributed by atoms with Gasteiger partial charge in [-0.05, 0) is 69.2 Å². The molecular weight excluding hydrogens is 246 g/mol. The zero-order valence-corrected chi connectivity index (χ0v) is 13.2. The highest BCUT2D eigenvalue weighted by Gasteiger charge is 2.16. The third-order valence-corrected chi connectivity index (χ3v) is 4.43. The summed E-state index contributed by atoms with van der Waals surface area (Å²) in [6, 6.07) is 7.35. The van der Waals surface area contributed by atoms with Gasteiger partial charge >= 0.3 is 0 Å². The quantitative estimate of drug-likeness (QED) is 0.801. The van der Waals surface area contributed by atoms with Crippen LogP contribution in [0.25, 0.3) is 0 Å². The van der Waals surface area contributed by atoms with Gasteiger partial charge in [0.1, 0.15) is 0 Å². The van der Waals surface area contributed by atoms with Crippen molar-refractivity contribution in [3.05, 3.63) is 34.9 Å². The number of rotatable bonds is 7. The van der Waals surface area contributed by atoms with Gasteiger partial charge < -0.3 is 10.1 Å². The molecule has 0 amide bonds. The van der Waals surface area contributed by atoms with E-state index in [1.165, 1.54) is 48.8 Å². The summed E-state index contributed by atoms with van der Waals surface area (Å²) in [5.41, 5.74) is 4.20. The molecule has 1 saturated heterocycles. The molecule has 1 heterocycles. The number of hydrogen-bond acceptors (Lipinski definition) is 2. The van der Waals surface area contributed by atoms with Crippen molar-refractivity contribution in [1.82, 2.24) is 5.32 Å². The Morgan fingerprint density at radius 1 is 1.30 bits per heavy atom. The smallest absolute Gasteiger partial charge is 0.0576 e. The first-order valence-corrected chi connectivity index (χ1v) is 8.13. The predicted molar refractivity (Wildman–Crippen MR) is 85.2 cm³/mol. The molecule has 2 heteroatoms. The monoisotopic (exact) mass is 275 g/mol. The second kappa shape index (κ2) is 7.80. The Labute approximate surface area is 123 Å². The summed E-state index contributed by atoms with van der Waals surface area (Å²) in [7, 11) is 0. The van der Waals surface area contributed by atoms with Crippen molar-refractivity contribution in [2.24, 2.45) is 0 Å². The van der Waals surface area contributed by atoms with Crippen molar-refractivity contribution >= 4 is 0 Å². The van der Waals surface area contributed by atoms with Crippen molar-refractivity contribution in [2.45, 2.75) is 65.0 Å². The van der Waals surface area contributed by atoms with Gasteiger partial charge in [-0.2, -0.15) is 0 Å². The highest BCUT2D eigenvalue weighted by atomic mass is 16.5. The molecule has 1 aliphatic rings. The fourth-order valence-corrected chi connectivity index (χ4v) is 3.04. The molecule has 1 aromatic rings. The lowest BCUT2D eigenvalue weighted by Crippen LogP contribution is -2.21. The zero-order valence-electron chi connectivity index (χ0n) is 13.2. The van der Waals surface area contributed by atoms with Crippen LogP contribution in [0.5, 0.6) is 0 Å². The van der Waals surface area contributed by atoms with Crippen molar-refractivity contribution in [2.75, 3.05) is 13.2 Å². The van der Waals surface area contributed by atoms with Gasteiger partial charge in [-0.25, -0.2) is 0 Å². The molecule has 1 aromatic carbocycles. The van der Waals surface area contributed by atoms with Gasteiger partial charge in [0, 0.05) is 12.6 Å². The second-order valence-electron chi connectivity index (χ2n) is 6.02. The number of nitrogens with one attached hydrogen (secondary N) is 1. The Hall–Kier alpha value is -0.860. The molecule has 2 unspecified atom stereocenters. The van der Waals surface area contributed by atoms with Gasteiger partial charge in [-0.3, -0.25) is 0 Å². The van der Waals surface area contributed by atoms with Crippen LogP contribution in [0.4, 0.5) is 0 Å². The molecule has 0 radical (unpaired) electrons. The summed E-state index contributed by atoms with van der Waals surface area (Å²) in [6.45, 7) is 8.57. The maximum absolute atomic E-state index is 5.71. The summed E-state index contributed by atoms with van der Waals surface area (Å²) < 4.78 is 5.71. The Morgan fingerprint density at radius 2 is 2.15 bits per heavy atom. The molecule has 2 atom stereocenters. The first kappa shape index (κ1) is 15.5. The minimum Gasteiger partial charge on any atom is -0.378 e. The molecule has 2 nitrogen and oxygen atoms in total. The van der Waals surface area contributed by atoms with Crippen LogP contribution >= 0.6 is 0 Å². The molecule has 1 fully saturated rings. The number of benzene rings is 1. The Kier molecular flexibility index (Phi) is 6.06. The molecule has 112 valence electrons. The summed E-state index contributed by atoms with van der Waals surface area (Å²) >= 11 is 0. The maximum atomic E-state index is 5.71. The predicted octanol–water partition coefficient (Wildman–Crippen LogP) is 4.30. The fourth-order valence-electron chi connectivity index (χ4n) is 3.04. The molecule has 1 N–H and O–H groups in total. The van der Waals surface area contributed by atoms with Gasteiger partial charge in [0.25, 0.3) is 0 Å². The lowest BCUT2D eigenvalue weighted by molar-refractivity contribution is 0.101. The van der Waals surface area contributed by atoms with E-state index in [-0.39, 0.29) is 0 Å². The maximum Gasteiger partial charge on any atom is 0.0576 e. The van der Waals surface area contributed by atoms with Gasteiger partial charge in [0.05, 0.1) is 6.10 Å². The van der Waals surface area contributed by atoms with Crippen molar-refractivity contribution in [3.63, 3.8) is 0 Å². The summed E-state index contributed by atoms with van der Waals surface area (Å²) in [4.78, 5) is 0. The van der Waals surface area contributed by atoms with E-state index in [0.717, 1.165) is 13.2 Å². The van der Waals surface area contributed by atoms with Crippen LogP contribution in [0.1, 0.15) is 61.8 Å². The van der Waals surface area contributed by atoms with Crippen molar-refractivity contribution in [1.29, 1.82) is 0 Å². The van der Waals surface area contributed by atoms with E-state index >= 15 is 0 Å². The van der Waals surface area contributed by atoms with E-state index in [1.54, 1.807) is 0 Å². The lowest BCUT2D eigenvalue weighted by atomic mass is 9.96. The normalized spacial score (nSPS) is 20.2. The van der Waals surface area contributed by atoms with Crippen molar-refractivity contribution in [3.8, 4) is 0 Å². The first-order valence-electron chi connectivity index (χ1n) is 8.13. The minimum atomic E-state index is 0.487. The summed E-state index contributed by atoms with van der Waals surface area (Å²) in [5, 5.41) is 3.63. The van der Waals surface area contributed by atoms with Gasteiger partial charge in [0.2, 0.25) is 0 Å². The van der Waals surface area contributed by atoms with Crippen LogP contribution in [-0.2, 0) is 4.74 Å². The van der Waals surface area contributed by atoms with E-state index in [0.29, 0.717) is 12.1 Å². The standard InChI is InChI=1S/C18H29NO/c1-4-19-18(9-5-7-17-8-6-12-20-17)16-11-10-14(2)15(3)13-16/h10-11,13,17-19H,4-9,12H2,1-3H3. The first-order chi connectivity index (χ1) is 9.70. The zero-order chi connectivity index (χ0) is 14.4. The molecule has 0 aliphatic carbocycles. The molecule has 20 heavy (non-hydrogen) atoms. The average molecular weight is 275 g/mol. The summed E-state index contributed by atoms with van der Waals surface area (Å²) in [6.07, 6.45) is 6.70. The highest BCUT2D eigenvalue weighted by molar-refractivity contribution is 5.31. The Bertz CT molecular complexity index is 410. The number of hydrogen-bond donors (Lipinski definition) is 1. The largest absolute Gasteiger partial charge is 0.378 e. The van der Waals surface area contributed by atoms with Crippen LogP contribution < -0.4 is 5.32 Å². The van der Waals surface area contributed by atoms with Crippen LogP contribution in [0.2, 0.25) is 0 Å². The minimum absolute atomic E-state index is 0.487. The van der Waals surface area contributed by atoms with E-state index in [9.17, 15) is 0 Å². The molecule has 0 bridgehead atoms. The molecular formula is C18H29NO. The fraction of sp³-hybridized carbons (Fsp3) is 0.667. The average Bonchev–Trinajstić information content (AvgIpc) is 2.94. The second-order valence-corrected chi connectivity index (χ2v) is 6.02. The SMILES string of the molecule is CCNC(CCCC1CCCO1)c1ccc(C)c(C)c1. The molecule has 1 aliphatic heterocycles. The third-order valence-electron chi connectivity index (χ3n) is 4.43. The molecule has 0 spiro atoms. The van der Waals surface area contributed by atoms with Gasteiger partial charge in [0.15, 0.2) is 0 Å². The molecule has 0 saturated carbocycles. The molecule has 0 aromatic heterocycles. The lowest BCUT2D eigenvalue weighted by Gasteiger charge is -2.20. The topological polar surface area (TPSA) is 21.3 Å². The van der Waals surface area contributed by atoms with Crippen LogP contribution in [0.3, 0.4) is 0 Å². The summed E-state index contributed by atoms with van der Waals surface area (Å²) in [5.74, 6) is 0. The van der Waals surface area contributed by atoms with Crippen LogP contribution in [-0.4, -0.2) is 19.3 Å². The Morgan fingerprint density at radius 3 is 2.80 bits per heavy atom. The van der Waals surface area contributed by atoms with Gasteiger partial charge in [-0.15, -0.1) is 0 Å². The Balaban J connectivity index is 1.89. The van der Waals surface area contributed by atoms with Gasteiger partial charge in [-0.1, -0.05) is 25.1 Å². The van der Waals surface area contributed by atoms with E-state index in [2.05, 4.69) is 44.3 Å².